The zero-order chi connectivity index (χ0) is 19.3. The molecule has 1 fully saturated rings. The summed E-state index contributed by atoms with van der Waals surface area (Å²) in [6.45, 7) is 3.37. The molecule has 0 radical (unpaired) electrons. The number of amides is 1. The summed E-state index contributed by atoms with van der Waals surface area (Å²) < 4.78 is 1.81. The molecule has 5 nitrogen and oxygen atoms in total. The molecule has 7 heteroatoms. The van der Waals surface area contributed by atoms with Crippen LogP contribution in [0.2, 0.25) is 0 Å². The topological polar surface area (TPSA) is 55.2 Å². The van der Waals surface area contributed by atoms with Crippen molar-refractivity contribution in [2.45, 2.75) is 49.2 Å². The van der Waals surface area contributed by atoms with E-state index in [9.17, 15) is 9.59 Å². The van der Waals surface area contributed by atoms with Crippen molar-refractivity contribution < 1.29 is 4.79 Å². The van der Waals surface area contributed by atoms with Gasteiger partial charge in [0.2, 0.25) is 5.91 Å². The van der Waals surface area contributed by atoms with Crippen LogP contribution >= 0.6 is 23.1 Å². The van der Waals surface area contributed by atoms with Gasteiger partial charge in [-0.3, -0.25) is 14.2 Å². The van der Waals surface area contributed by atoms with Gasteiger partial charge in [0.05, 0.1) is 16.2 Å². The molecule has 1 atom stereocenters. The highest BCUT2D eigenvalue weighted by Crippen LogP contribution is 2.38. The molecule has 3 aromatic rings. The first-order valence-corrected chi connectivity index (χ1v) is 11.4. The lowest BCUT2D eigenvalue weighted by Gasteiger charge is -2.29. The Morgan fingerprint density at radius 3 is 2.93 bits per heavy atom. The summed E-state index contributed by atoms with van der Waals surface area (Å²) in [4.78, 5) is 34.2. The highest BCUT2D eigenvalue weighted by Gasteiger charge is 2.31. The lowest BCUT2D eigenvalue weighted by atomic mass is 10.1. The van der Waals surface area contributed by atoms with E-state index >= 15 is 0 Å². The number of thiophene rings is 1. The Morgan fingerprint density at radius 2 is 2.11 bits per heavy atom. The lowest BCUT2D eigenvalue weighted by molar-refractivity contribution is -0.131. The second-order valence-electron chi connectivity index (χ2n) is 7.46. The summed E-state index contributed by atoms with van der Waals surface area (Å²) in [6, 6.07) is 9.80. The van der Waals surface area contributed by atoms with Crippen LogP contribution in [0.3, 0.4) is 0 Å². The fourth-order valence-electron chi connectivity index (χ4n) is 3.77. The highest BCUT2D eigenvalue weighted by molar-refractivity contribution is 8.00. The number of carbonyl (C=O) groups is 1. The smallest absolute Gasteiger partial charge is 0.262 e. The molecule has 1 aliphatic carbocycles. The zero-order valence-electron chi connectivity index (χ0n) is 15.6. The van der Waals surface area contributed by atoms with Crippen LogP contribution in [0.1, 0.15) is 36.2 Å². The average molecular weight is 412 g/mol. The quantitative estimate of drug-likeness (QED) is 0.483. The SMILES string of the molecule is CC(Sc1nc2ccccc2c(=O)n1C1CC1)C(=O)N1CCc2sccc2C1. The lowest BCUT2D eigenvalue weighted by Crippen LogP contribution is -2.40. The van der Waals surface area contributed by atoms with E-state index in [0.717, 1.165) is 25.8 Å². The molecule has 0 spiro atoms. The number of rotatable bonds is 4. The molecular weight excluding hydrogens is 390 g/mol. The molecule has 3 heterocycles. The van der Waals surface area contributed by atoms with Crippen molar-refractivity contribution in [3.8, 4) is 0 Å². The van der Waals surface area contributed by atoms with Gasteiger partial charge in [-0.05, 0) is 55.3 Å². The number of nitrogens with zero attached hydrogens (tertiary/aromatic N) is 3. The van der Waals surface area contributed by atoms with E-state index in [0.29, 0.717) is 22.6 Å². The summed E-state index contributed by atoms with van der Waals surface area (Å²) >= 11 is 3.19. The van der Waals surface area contributed by atoms with Crippen molar-refractivity contribution in [2.75, 3.05) is 6.54 Å². The Balaban J connectivity index is 1.42. The van der Waals surface area contributed by atoms with Gasteiger partial charge in [-0.1, -0.05) is 23.9 Å². The fourth-order valence-corrected chi connectivity index (χ4v) is 5.72. The van der Waals surface area contributed by atoms with Crippen LogP contribution in [0.4, 0.5) is 0 Å². The third-order valence-corrected chi connectivity index (χ3v) is 7.51. The summed E-state index contributed by atoms with van der Waals surface area (Å²) in [7, 11) is 0. The predicted molar refractivity (Wildman–Crippen MR) is 113 cm³/mol. The van der Waals surface area contributed by atoms with E-state index in [1.807, 2.05) is 40.7 Å². The van der Waals surface area contributed by atoms with E-state index in [-0.39, 0.29) is 22.8 Å². The molecule has 2 aromatic heterocycles. The number of hydrogen-bond donors (Lipinski definition) is 0. The molecule has 1 saturated carbocycles. The normalized spacial score (nSPS) is 17.5. The van der Waals surface area contributed by atoms with E-state index in [2.05, 4.69) is 11.4 Å². The number of thioether (sulfide) groups is 1. The van der Waals surface area contributed by atoms with Gasteiger partial charge >= 0.3 is 0 Å². The second kappa shape index (κ2) is 7.04. The van der Waals surface area contributed by atoms with Crippen LogP contribution in [-0.4, -0.2) is 32.2 Å². The molecule has 1 unspecified atom stereocenters. The van der Waals surface area contributed by atoms with Crippen LogP contribution in [0.5, 0.6) is 0 Å². The van der Waals surface area contributed by atoms with Crippen LogP contribution < -0.4 is 5.56 Å². The molecule has 5 rings (SSSR count). The Hall–Kier alpha value is -2.12. The number of carbonyl (C=O) groups excluding carboxylic acids is 1. The van der Waals surface area contributed by atoms with Crippen LogP contribution in [0, 0.1) is 0 Å². The van der Waals surface area contributed by atoms with Gasteiger partial charge in [0.25, 0.3) is 5.56 Å². The third-order valence-electron chi connectivity index (χ3n) is 5.44. The molecule has 2 aliphatic rings. The van der Waals surface area contributed by atoms with E-state index in [4.69, 9.17) is 4.98 Å². The van der Waals surface area contributed by atoms with Crippen molar-refractivity contribution in [1.82, 2.24) is 14.5 Å². The first-order valence-electron chi connectivity index (χ1n) is 9.64. The number of para-hydroxylation sites is 1. The molecule has 0 saturated heterocycles. The Kier molecular flexibility index (Phi) is 4.51. The molecule has 0 N–H and O–H groups in total. The summed E-state index contributed by atoms with van der Waals surface area (Å²) in [6.07, 6.45) is 2.93. The second-order valence-corrected chi connectivity index (χ2v) is 9.77. The minimum atomic E-state index is -0.279. The maximum atomic E-state index is 13.1. The minimum Gasteiger partial charge on any atom is -0.337 e. The van der Waals surface area contributed by atoms with Crippen LogP contribution in [0.25, 0.3) is 10.9 Å². The van der Waals surface area contributed by atoms with Crippen molar-refractivity contribution in [3.63, 3.8) is 0 Å². The van der Waals surface area contributed by atoms with Crippen LogP contribution in [-0.2, 0) is 17.8 Å². The monoisotopic (exact) mass is 411 g/mol. The van der Waals surface area contributed by atoms with Gasteiger partial charge in [-0.25, -0.2) is 4.98 Å². The Morgan fingerprint density at radius 1 is 1.29 bits per heavy atom. The molecule has 1 aromatic carbocycles. The summed E-state index contributed by atoms with van der Waals surface area (Å²) in [5.41, 5.74) is 1.98. The molecular formula is C21H21N3O2S2. The maximum Gasteiger partial charge on any atom is 0.262 e. The van der Waals surface area contributed by atoms with Gasteiger partial charge < -0.3 is 4.90 Å². The third kappa shape index (κ3) is 3.16. The first-order chi connectivity index (χ1) is 13.6. The van der Waals surface area contributed by atoms with Crippen molar-refractivity contribution in [3.05, 3.63) is 56.5 Å². The van der Waals surface area contributed by atoms with E-state index in [1.54, 1.807) is 11.3 Å². The minimum absolute atomic E-state index is 0.0103. The first kappa shape index (κ1) is 17.9. The molecule has 1 amide bonds. The number of fused-ring (bicyclic) bond motifs is 2. The number of benzene rings is 1. The zero-order valence-corrected chi connectivity index (χ0v) is 17.3. The molecule has 144 valence electrons. The predicted octanol–water partition coefficient (Wildman–Crippen LogP) is 3.86. The summed E-state index contributed by atoms with van der Waals surface area (Å²) in [5, 5.41) is 3.14. The Bertz CT molecular complexity index is 1120. The van der Waals surface area contributed by atoms with E-state index < -0.39 is 0 Å². The standard InChI is InChI=1S/C21H21N3O2S2/c1-13(19(25)23-10-8-18-14(12-23)9-11-27-18)28-21-22-17-5-3-2-4-16(17)20(26)24(21)15-6-7-15/h2-5,9,11,13,15H,6-8,10,12H2,1H3. The molecule has 1 aliphatic heterocycles. The fraction of sp³-hybridized carbons (Fsp3) is 0.381. The largest absolute Gasteiger partial charge is 0.337 e. The number of hydrogen-bond acceptors (Lipinski definition) is 5. The van der Waals surface area contributed by atoms with Gasteiger partial charge in [-0.2, -0.15) is 0 Å². The van der Waals surface area contributed by atoms with Crippen molar-refractivity contribution >= 4 is 39.9 Å². The van der Waals surface area contributed by atoms with Gasteiger partial charge in [-0.15, -0.1) is 11.3 Å². The van der Waals surface area contributed by atoms with Crippen LogP contribution in [0.15, 0.2) is 45.7 Å². The Labute approximate surface area is 171 Å². The number of aromatic nitrogens is 2. The average Bonchev–Trinajstić information content (AvgIpc) is 3.43. The summed E-state index contributed by atoms with van der Waals surface area (Å²) in [5.74, 6) is 0.117. The van der Waals surface area contributed by atoms with Gasteiger partial charge in [0.1, 0.15) is 0 Å². The van der Waals surface area contributed by atoms with Gasteiger partial charge in [0.15, 0.2) is 5.16 Å². The van der Waals surface area contributed by atoms with Gasteiger partial charge in [0, 0.05) is 24.0 Å². The van der Waals surface area contributed by atoms with E-state index in [1.165, 1.54) is 22.2 Å². The highest BCUT2D eigenvalue weighted by atomic mass is 32.2. The van der Waals surface area contributed by atoms with Crippen molar-refractivity contribution in [1.29, 1.82) is 0 Å². The van der Waals surface area contributed by atoms with Crippen molar-refractivity contribution in [2.24, 2.45) is 0 Å². The molecule has 28 heavy (non-hydrogen) atoms. The molecule has 0 bridgehead atoms. The maximum absolute atomic E-state index is 13.1.